The molecule has 1 atom stereocenters. The van der Waals surface area contributed by atoms with Crippen molar-refractivity contribution in [1.82, 2.24) is 19.5 Å². The first kappa shape index (κ1) is 22.0. The van der Waals surface area contributed by atoms with Gasteiger partial charge in [-0.15, -0.1) is 0 Å². The van der Waals surface area contributed by atoms with Crippen LogP contribution in [0.4, 0.5) is 11.5 Å². The zero-order valence-corrected chi connectivity index (χ0v) is 19.8. The summed E-state index contributed by atoms with van der Waals surface area (Å²) in [7, 11) is -3.56. The number of aromatic nitrogens is 3. The first-order valence-corrected chi connectivity index (χ1v) is 13.2. The number of nitrogens with one attached hydrogen (secondary N) is 1. The Kier molecular flexibility index (Phi) is 5.65. The molecule has 0 bridgehead atoms. The molecular formula is C22H25ClN6O3S. The summed E-state index contributed by atoms with van der Waals surface area (Å²) in [5.74, 6) is 0.659. The minimum Gasteiger partial charge on any atom is -0.356 e. The lowest BCUT2D eigenvalue weighted by Gasteiger charge is -2.35. The number of halogens is 1. The van der Waals surface area contributed by atoms with Gasteiger partial charge in [-0.05, 0) is 49.9 Å². The number of piperidine rings is 1. The molecule has 2 saturated heterocycles. The van der Waals surface area contributed by atoms with Gasteiger partial charge in [0.05, 0.1) is 29.2 Å². The van der Waals surface area contributed by atoms with Gasteiger partial charge in [0.1, 0.15) is 5.82 Å². The molecular weight excluding hydrogens is 464 g/mol. The summed E-state index contributed by atoms with van der Waals surface area (Å²) >= 11 is 6.16. The van der Waals surface area contributed by atoms with Crippen LogP contribution in [-0.2, 0) is 10.0 Å². The van der Waals surface area contributed by atoms with Crippen LogP contribution in [-0.4, -0.2) is 59.7 Å². The van der Waals surface area contributed by atoms with Crippen molar-refractivity contribution < 1.29 is 13.2 Å². The summed E-state index contributed by atoms with van der Waals surface area (Å²) in [4.78, 5) is 22.3. The van der Waals surface area contributed by atoms with Crippen LogP contribution in [0.25, 0.3) is 5.65 Å². The lowest BCUT2D eigenvalue weighted by molar-refractivity contribution is 0.0607. The molecule has 2 aliphatic rings. The molecule has 1 unspecified atom stereocenters. The lowest BCUT2D eigenvalue weighted by Crippen LogP contribution is -2.39. The van der Waals surface area contributed by atoms with Crippen molar-refractivity contribution in [3.63, 3.8) is 0 Å². The van der Waals surface area contributed by atoms with E-state index in [0.29, 0.717) is 11.6 Å². The molecule has 1 N–H and O–H groups in total. The minimum atomic E-state index is -3.56. The molecule has 174 valence electrons. The van der Waals surface area contributed by atoms with Crippen LogP contribution in [0.2, 0.25) is 5.02 Å². The number of likely N-dealkylation sites (tertiary alicyclic amines) is 1. The fraction of sp³-hybridized carbons (Fsp3) is 0.409. The molecule has 11 heteroatoms. The summed E-state index contributed by atoms with van der Waals surface area (Å²) in [6.45, 7) is 2.58. The van der Waals surface area contributed by atoms with Gasteiger partial charge in [0.2, 0.25) is 10.0 Å². The fourth-order valence-electron chi connectivity index (χ4n) is 4.39. The fourth-order valence-corrected chi connectivity index (χ4v) is 5.14. The maximum absolute atomic E-state index is 13.6. The van der Waals surface area contributed by atoms with Crippen molar-refractivity contribution in [2.75, 3.05) is 35.5 Å². The molecule has 9 nitrogen and oxygen atoms in total. The summed E-state index contributed by atoms with van der Waals surface area (Å²) in [6.07, 6.45) is 6.73. The first-order valence-electron chi connectivity index (χ1n) is 11.0. The number of sulfonamides is 1. The topological polar surface area (TPSA) is 99.9 Å². The molecule has 2 aromatic heterocycles. The number of anilines is 2. The molecule has 2 aliphatic heterocycles. The number of hydrogen-bond acceptors (Lipinski definition) is 6. The van der Waals surface area contributed by atoms with E-state index in [9.17, 15) is 13.2 Å². The average Bonchev–Trinajstić information content (AvgIpc) is 3.16. The lowest BCUT2D eigenvalue weighted by atomic mass is 9.98. The third kappa shape index (κ3) is 4.49. The zero-order valence-electron chi connectivity index (χ0n) is 18.2. The Balaban J connectivity index is 1.48. The molecule has 5 rings (SSSR count). The Morgan fingerprint density at radius 3 is 2.67 bits per heavy atom. The summed E-state index contributed by atoms with van der Waals surface area (Å²) in [5, 5.41) is 5.07. The van der Waals surface area contributed by atoms with E-state index in [4.69, 9.17) is 21.7 Å². The van der Waals surface area contributed by atoms with Gasteiger partial charge in [-0.3, -0.25) is 9.52 Å². The molecule has 0 radical (unpaired) electrons. The number of benzene rings is 1. The maximum atomic E-state index is 13.6. The highest BCUT2D eigenvalue weighted by atomic mass is 35.5. The van der Waals surface area contributed by atoms with E-state index in [1.165, 1.54) is 18.6 Å². The summed E-state index contributed by atoms with van der Waals surface area (Å²) in [5.41, 5.74) is 1.96. The molecule has 2 fully saturated rings. The molecule has 0 aliphatic carbocycles. The Hall–Kier alpha value is -2.85. The van der Waals surface area contributed by atoms with Crippen LogP contribution < -0.4 is 9.62 Å². The van der Waals surface area contributed by atoms with Crippen LogP contribution in [0.15, 0.2) is 36.5 Å². The second-order valence-corrected chi connectivity index (χ2v) is 10.8. The Morgan fingerprint density at radius 2 is 1.94 bits per heavy atom. The van der Waals surface area contributed by atoms with E-state index in [1.54, 1.807) is 15.5 Å². The quantitative estimate of drug-likeness (QED) is 0.591. The van der Waals surface area contributed by atoms with Crippen LogP contribution in [0.1, 0.15) is 47.8 Å². The van der Waals surface area contributed by atoms with E-state index in [0.717, 1.165) is 55.8 Å². The molecule has 33 heavy (non-hydrogen) atoms. The second-order valence-electron chi connectivity index (χ2n) is 8.57. The molecule has 1 aromatic carbocycles. The number of carbonyl (C=O) groups is 1. The Bertz CT molecular complexity index is 1320. The van der Waals surface area contributed by atoms with Crippen molar-refractivity contribution in [3.05, 3.63) is 52.8 Å². The predicted octanol–water partition coefficient (Wildman–Crippen LogP) is 3.33. The van der Waals surface area contributed by atoms with E-state index in [2.05, 4.69) is 9.62 Å². The molecule has 0 saturated carbocycles. The van der Waals surface area contributed by atoms with Crippen molar-refractivity contribution in [1.29, 1.82) is 0 Å². The largest absolute Gasteiger partial charge is 0.356 e. The third-order valence-corrected chi connectivity index (χ3v) is 6.95. The highest BCUT2D eigenvalue weighted by molar-refractivity contribution is 7.92. The molecule has 4 heterocycles. The average molecular weight is 489 g/mol. The molecule has 1 amide bonds. The van der Waals surface area contributed by atoms with E-state index < -0.39 is 10.0 Å². The SMILES string of the molecule is CS(=O)(=O)Nc1ccc(Cl)cc1C(=O)N1CCCCC1c1cc2nc(N3CCC3)ccn2n1. The summed E-state index contributed by atoms with van der Waals surface area (Å²) in [6, 6.07) is 8.25. The van der Waals surface area contributed by atoms with E-state index in [-0.39, 0.29) is 23.2 Å². The second kappa shape index (κ2) is 8.49. The number of amides is 1. The number of nitrogens with zero attached hydrogens (tertiary/aromatic N) is 5. The van der Waals surface area contributed by atoms with Crippen molar-refractivity contribution in [2.45, 2.75) is 31.7 Å². The van der Waals surface area contributed by atoms with Crippen LogP contribution in [0, 0.1) is 0 Å². The highest BCUT2D eigenvalue weighted by Crippen LogP contribution is 2.34. The Labute approximate surface area is 197 Å². The highest BCUT2D eigenvalue weighted by Gasteiger charge is 2.32. The molecule has 3 aromatic rings. The number of fused-ring (bicyclic) bond motifs is 1. The standard InChI is InChI=1S/C22H25ClN6O3S/c1-33(31,32)26-17-7-6-15(23)13-16(17)22(30)28-11-3-2-5-19(28)18-14-21-24-20(27-9-4-10-27)8-12-29(21)25-18/h6-8,12-14,19,26H,2-5,9-11H2,1H3. The van der Waals surface area contributed by atoms with Crippen LogP contribution in [0.3, 0.4) is 0 Å². The number of rotatable bonds is 5. The van der Waals surface area contributed by atoms with Crippen LogP contribution in [0.5, 0.6) is 0 Å². The predicted molar refractivity (Wildman–Crippen MR) is 127 cm³/mol. The normalized spacial score (nSPS) is 18.9. The van der Waals surface area contributed by atoms with E-state index >= 15 is 0 Å². The van der Waals surface area contributed by atoms with Gasteiger partial charge in [0.25, 0.3) is 5.91 Å². The van der Waals surface area contributed by atoms with Crippen molar-refractivity contribution in [2.24, 2.45) is 0 Å². The number of hydrogen-bond donors (Lipinski definition) is 1. The number of carbonyl (C=O) groups excluding carboxylic acids is 1. The first-order chi connectivity index (χ1) is 15.8. The third-order valence-electron chi connectivity index (χ3n) is 6.12. The smallest absolute Gasteiger partial charge is 0.256 e. The Morgan fingerprint density at radius 1 is 1.12 bits per heavy atom. The zero-order chi connectivity index (χ0) is 23.2. The monoisotopic (exact) mass is 488 g/mol. The molecule has 0 spiro atoms. The van der Waals surface area contributed by atoms with Gasteiger partial charge in [0, 0.05) is 36.9 Å². The van der Waals surface area contributed by atoms with Gasteiger partial charge in [-0.2, -0.15) is 5.10 Å². The van der Waals surface area contributed by atoms with Gasteiger partial charge in [-0.25, -0.2) is 17.9 Å². The van der Waals surface area contributed by atoms with Gasteiger partial charge in [-0.1, -0.05) is 11.6 Å². The summed E-state index contributed by atoms with van der Waals surface area (Å²) < 4.78 is 27.8. The minimum absolute atomic E-state index is 0.215. The van der Waals surface area contributed by atoms with E-state index in [1.807, 2.05) is 18.3 Å². The van der Waals surface area contributed by atoms with Gasteiger partial charge in [0.15, 0.2) is 5.65 Å². The van der Waals surface area contributed by atoms with Gasteiger partial charge < -0.3 is 9.80 Å². The maximum Gasteiger partial charge on any atom is 0.256 e. The van der Waals surface area contributed by atoms with Gasteiger partial charge >= 0.3 is 0 Å². The van der Waals surface area contributed by atoms with Crippen molar-refractivity contribution in [3.8, 4) is 0 Å². The van der Waals surface area contributed by atoms with Crippen LogP contribution >= 0.6 is 11.6 Å². The van der Waals surface area contributed by atoms with Crippen molar-refractivity contribution >= 4 is 44.7 Å².